The summed E-state index contributed by atoms with van der Waals surface area (Å²) in [5, 5.41) is 0. The topological polar surface area (TPSA) is 122 Å². The van der Waals surface area contributed by atoms with Crippen LogP contribution in [0, 0.1) is 0 Å². The van der Waals surface area contributed by atoms with E-state index in [4.69, 9.17) is 19.9 Å². The van der Waals surface area contributed by atoms with Gasteiger partial charge < -0.3 is 19.9 Å². The average molecular weight is 375 g/mol. The Morgan fingerprint density at radius 1 is 1.37 bits per heavy atom. The number of hydrogen-bond donors (Lipinski definition) is 1. The van der Waals surface area contributed by atoms with Crippen LogP contribution in [0.25, 0.3) is 11.2 Å². The standard InChI is InChI=1S/C18H25N5O4/c1-3-4-8-26-17-14-16(22-18(19)23-17)20-10-12(21-14)15(24)11(2)27-13-7-5-6-9-25-13/h10-11,13H,3-9H2,1-2H3,(H2,19,20,22,23). The van der Waals surface area contributed by atoms with Crippen LogP contribution in [0.1, 0.15) is 56.4 Å². The molecular weight excluding hydrogens is 350 g/mol. The number of ether oxygens (including phenoxy) is 3. The summed E-state index contributed by atoms with van der Waals surface area (Å²) in [6.07, 6.45) is 4.98. The maximum absolute atomic E-state index is 12.7. The molecule has 9 heteroatoms. The number of rotatable bonds is 8. The minimum absolute atomic E-state index is 0.0496. The Bertz CT molecular complexity index is 795. The van der Waals surface area contributed by atoms with Crippen molar-refractivity contribution in [3.8, 4) is 5.88 Å². The molecule has 0 spiro atoms. The lowest BCUT2D eigenvalue weighted by atomic mass is 10.1. The Balaban J connectivity index is 1.80. The highest BCUT2D eigenvalue weighted by molar-refractivity contribution is 5.98. The first-order valence-corrected chi connectivity index (χ1v) is 9.32. The third kappa shape index (κ3) is 4.86. The molecule has 2 atom stereocenters. The molecule has 1 aliphatic rings. The van der Waals surface area contributed by atoms with E-state index in [0.29, 0.717) is 18.7 Å². The van der Waals surface area contributed by atoms with E-state index >= 15 is 0 Å². The Hall–Kier alpha value is -2.39. The molecule has 2 N–H and O–H groups in total. The Morgan fingerprint density at radius 3 is 2.96 bits per heavy atom. The number of aromatic nitrogens is 4. The molecule has 2 aromatic heterocycles. The first-order valence-electron chi connectivity index (χ1n) is 9.32. The second-order valence-electron chi connectivity index (χ2n) is 6.46. The van der Waals surface area contributed by atoms with Crippen molar-refractivity contribution in [1.82, 2.24) is 19.9 Å². The summed E-state index contributed by atoms with van der Waals surface area (Å²) in [6, 6.07) is 0. The fourth-order valence-electron chi connectivity index (χ4n) is 2.75. The first-order chi connectivity index (χ1) is 13.1. The minimum atomic E-state index is -0.695. The predicted molar refractivity (Wildman–Crippen MR) is 98.4 cm³/mol. The van der Waals surface area contributed by atoms with E-state index in [1.807, 2.05) is 0 Å². The van der Waals surface area contributed by atoms with Crippen LogP contribution < -0.4 is 10.5 Å². The number of nitrogen functional groups attached to an aromatic ring is 1. The average Bonchev–Trinajstić information content (AvgIpc) is 2.68. The fourth-order valence-corrected chi connectivity index (χ4v) is 2.75. The molecule has 3 heterocycles. The van der Waals surface area contributed by atoms with E-state index in [1.54, 1.807) is 6.92 Å². The number of fused-ring (bicyclic) bond motifs is 1. The van der Waals surface area contributed by atoms with Crippen molar-refractivity contribution in [3.05, 3.63) is 11.9 Å². The van der Waals surface area contributed by atoms with E-state index in [9.17, 15) is 4.79 Å². The number of nitrogens with zero attached hydrogens (tertiary/aromatic N) is 4. The minimum Gasteiger partial charge on any atom is -0.476 e. The van der Waals surface area contributed by atoms with Crippen molar-refractivity contribution < 1.29 is 19.0 Å². The molecule has 0 bridgehead atoms. The van der Waals surface area contributed by atoms with Gasteiger partial charge in [0.15, 0.2) is 17.5 Å². The summed E-state index contributed by atoms with van der Waals surface area (Å²) in [7, 11) is 0. The number of anilines is 1. The lowest BCUT2D eigenvalue weighted by Crippen LogP contribution is -2.31. The summed E-state index contributed by atoms with van der Waals surface area (Å²) in [5.74, 6) is 0.000663. The zero-order valence-electron chi connectivity index (χ0n) is 15.7. The SMILES string of the molecule is CCCCOc1nc(N)nc2ncc(C(=O)C(C)OC3CCCCO3)nc12. The molecule has 0 amide bonds. The Morgan fingerprint density at radius 2 is 2.22 bits per heavy atom. The number of ketones is 1. The smallest absolute Gasteiger partial charge is 0.247 e. The number of carbonyl (C=O) groups is 1. The van der Waals surface area contributed by atoms with Gasteiger partial charge in [-0.3, -0.25) is 4.79 Å². The lowest BCUT2D eigenvalue weighted by Gasteiger charge is -2.25. The van der Waals surface area contributed by atoms with Crippen LogP contribution in [0.3, 0.4) is 0 Å². The van der Waals surface area contributed by atoms with Gasteiger partial charge in [-0.15, -0.1) is 0 Å². The third-order valence-electron chi connectivity index (χ3n) is 4.24. The molecule has 2 aromatic rings. The Kier molecular flexibility index (Phi) is 6.46. The van der Waals surface area contributed by atoms with Gasteiger partial charge >= 0.3 is 0 Å². The van der Waals surface area contributed by atoms with Crippen LogP contribution in [-0.2, 0) is 9.47 Å². The van der Waals surface area contributed by atoms with Crippen molar-refractivity contribution in [1.29, 1.82) is 0 Å². The quantitative estimate of drug-likeness (QED) is 0.547. The molecule has 3 rings (SSSR count). The van der Waals surface area contributed by atoms with Crippen LogP contribution >= 0.6 is 0 Å². The molecule has 1 aliphatic heterocycles. The third-order valence-corrected chi connectivity index (χ3v) is 4.24. The van der Waals surface area contributed by atoms with Crippen LogP contribution in [-0.4, -0.2) is 51.3 Å². The summed E-state index contributed by atoms with van der Waals surface area (Å²) >= 11 is 0. The van der Waals surface area contributed by atoms with Crippen molar-refractivity contribution in [2.24, 2.45) is 0 Å². The maximum Gasteiger partial charge on any atom is 0.247 e. The van der Waals surface area contributed by atoms with Gasteiger partial charge in [0.1, 0.15) is 11.8 Å². The number of Topliss-reactive ketones (excluding diaryl/α,β-unsaturated/α-hetero) is 1. The zero-order chi connectivity index (χ0) is 19.2. The molecule has 27 heavy (non-hydrogen) atoms. The molecule has 1 fully saturated rings. The summed E-state index contributed by atoms with van der Waals surface area (Å²) in [6.45, 7) is 4.87. The monoisotopic (exact) mass is 375 g/mol. The summed E-state index contributed by atoms with van der Waals surface area (Å²) < 4.78 is 16.9. The normalized spacial score (nSPS) is 18.4. The van der Waals surface area contributed by atoms with Gasteiger partial charge in [0.2, 0.25) is 17.6 Å². The molecule has 146 valence electrons. The van der Waals surface area contributed by atoms with Gasteiger partial charge in [-0.1, -0.05) is 13.3 Å². The second-order valence-corrected chi connectivity index (χ2v) is 6.46. The summed E-state index contributed by atoms with van der Waals surface area (Å²) in [5.41, 5.74) is 6.47. The van der Waals surface area contributed by atoms with Crippen molar-refractivity contribution in [3.63, 3.8) is 0 Å². The molecule has 9 nitrogen and oxygen atoms in total. The predicted octanol–water partition coefficient (Wildman–Crippen LogP) is 2.30. The highest BCUT2D eigenvalue weighted by Gasteiger charge is 2.24. The highest BCUT2D eigenvalue weighted by atomic mass is 16.7. The fraction of sp³-hybridized carbons (Fsp3) is 0.611. The second kappa shape index (κ2) is 9.01. The van der Waals surface area contributed by atoms with Gasteiger partial charge in [0.05, 0.1) is 12.8 Å². The highest BCUT2D eigenvalue weighted by Crippen LogP contribution is 2.22. The number of carbonyl (C=O) groups excluding carboxylic acids is 1. The summed E-state index contributed by atoms with van der Waals surface area (Å²) in [4.78, 5) is 29.4. The Labute approximate surface area is 157 Å². The van der Waals surface area contributed by atoms with Crippen molar-refractivity contribution >= 4 is 22.9 Å². The number of unbranched alkanes of at least 4 members (excludes halogenated alkanes) is 1. The van der Waals surface area contributed by atoms with Gasteiger partial charge in [-0.25, -0.2) is 9.97 Å². The van der Waals surface area contributed by atoms with Crippen LogP contribution in [0.15, 0.2) is 6.20 Å². The molecule has 1 saturated heterocycles. The zero-order valence-corrected chi connectivity index (χ0v) is 15.7. The first kappa shape index (κ1) is 19.4. The van der Waals surface area contributed by atoms with Crippen LogP contribution in [0.5, 0.6) is 5.88 Å². The lowest BCUT2D eigenvalue weighted by molar-refractivity contribution is -0.174. The number of hydrogen-bond acceptors (Lipinski definition) is 9. The molecule has 0 aromatic carbocycles. The van der Waals surface area contributed by atoms with E-state index in [1.165, 1.54) is 6.20 Å². The van der Waals surface area contributed by atoms with Crippen molar-refractivity contribution in [2.75, 3.05) is 18.9 Å². The van der Waals surface area contributed by atoms with Crippen LogP contribution in [0.4, 0.5) is 5.95 Å². The molecule has 2 unspecified atom stereocenters. The van der Waals surface area contributed by atoms with E-state index in [0.717, 1.165) is 32.1 Å². The molecule has 0 aliphatic carbocycles. The molecule has 0 radical (unpaired) electrons. The van der Waals surface area contributed by atoms with Crippen LogP contribution in [0.2, 0.25) is 0 Å². The largest absolute Gasteiger partial charge is 0.476 e. The van der Waals surface area contributed by atoms with Crippen molar-refractivity contribution in [2.45, 2.75) is 58.3 Å². The van der Waals surface area contributed by atoms with Gasteiger partial charge in [0.25, 0.3) is 0 Å². The van der Waals surface area contributed by atoms with Gasteiger partial charge in [-0.2, -0.15) is 9.97 Å². The molecular formula is C18H25N5O4. The van der Waals surface area contributed by atoms with E-state index in [2.05, 4.69) is 26.9 Å². The van der Waals surface area contributed by atoms with E-state index in [-0.39, 0.29) is 35.2 Å². The van der Waals surface area contributed by atoms with Gasteiger partial charge in [-0.05, 0) is 32.6 Å². The number of nitrogens with two attached hydrogens (primary N) is 1. The van der Waals surface area contributed by atoms with Gasteiger partial charge in [0, 0.05) is 6.61 Å². The van der Waals surface area contributed by atoms with E-state index < -0.39 is 6.10 Å². The maximum atomic E-state index is 12.7. The molecule has 0 saturated carbocycles.